The molecule has 0 N–H and O–H groups in total. The zero-order valence-corrected chi connectivity index (χ0v) is 13.3. The molecule has 124 valence electrons. The maximum atomic E-state index is 12.5. The van der Waals surface area contributed by atoms with E-state index in [4.69, 9.17) is 10.00 Å². The van der Waals surface area contributed by atoms with Gasteiger partial charge in [0.1, 0.15) is 24.5 Å². The topological polar surface area (TPSA) is 84.0 Å². The van der Waals surface area contributed by atoms with Crippen molar-refractivity contribution in [1.82, 2.24) is 19.7 Å². The predicted molar refractivity (Wildman–Crippen MR) is 86.1 cm³/mol. The normalized spacial score (nSPS) is 17.3. The van der Waals surface area contributed by atoms with Crippen LogP contribution in [0, 0.1) is 11.3 Å². The molecule has 1 aliphatic rings. The van der Waals surface area contributed by atoms with Gasteiger partial charge in [-0.2, -0.15) is 10.4 Å². The first-order chi connectivity index (χ1) is 11.8. The van der Waals surface area contributed by atoms with Crippen molar-refractivity contribution in [3.8, 4) is 11.8 Å². The molecule has 0 aliphatic carbocycles. The van der Waals surface area contributed by atoms with Crippen LogP contribution in [0.25, 0.3) is 0 Å². The molecule has 7 nitrogen and oxygen atoms in total. The van der Waals surface area contributed by atoms with Gasteiger partial charge in [-0.25, -0.2) is 9.67 Å². The maximum Gasteiger partial charge on any atom is 0.227 e. The van der Waals surface area contributed by atoms with Crippen LogP contribution in [0.15, 0.2) is 36.9 Å². The van der Waals surface area contributed by atoms with Crippen molar-refractivity contribution >= 4 is 5.91 Å². The average molecular weight is 325 g/mol. The summed E-state index contributed by atoms with van der Waals surface area (Å²) in [4.78, 5) is 18.4. The summed E-state index contributed by atoms with van der Waals surface area (Å²) in [6.07, 6.45) is 5.58. The number of hydrogen-bond donors (Lipinski definition) is 0. The van der Waals surface area contributed by atoms with Crippen molar-refractivity contribution in [2.45, 2.75) is 25.3 Å². The number of ether oxygens (including phenoxy) is 1. The number of benzene rings is 1. The van der Waals surface area contributed by atoms with Crippen molar-refractivity contribution in [2.75, 3.05) is 19.7 Å². The molecular formula is C17H19N5O2. The minimum atomic E-state index is 0.0235. The van der Waals surface area contributed by atoms with Gasteiger partial charge in [0.05, 0.1) is 12.5 Å². The molecule has 1 saturated heterocycles. The highest BCUT2D eigenvalue weighted by Gasteiger charge is 2.25. The SMILES string of the molecule is N#CCOc1ccc(CC(=O)N2CCC[C@H](n3cncn3)C2)cc1. The highest BCUT2D eigenvalue weighted by molar-refractivity contribution is 5.79. The van der Waals surface area contributed by atoms with Gasteiger partial charge in [0.2, 0.25) is 5.91 Å². The van der Waals surface area contributed by atoms with Gasteiger partial charge in [0.25, 0.3) is 0 Å². The second kappa shape index (κ2) is 7.59. The first-order valence-electron chi connectivity index (χ1n) is 7.97. The van der Waals surface area contributed by atoms with Crippen LogP contribution in [-0.4, -0.2) is 45.3 Å². The largest absolute Gasteiger partial charge is 0.479 e. The molecule has 3 rings (SSSR count). The fourth-order valence-electron chi connectivity index (χ4n) is 2.91. The van der Waals surface area contributed by atoms with Crippen LogP contribution in [0.1, 0.15) is 24.4 Å². The van der Waals surface area contributed by atoms with E-state index in [1.807, 2.05) is 27.8 Å². The van der Waals surface area contributed by atoms with Crippen molar-refractivity contribution in [3.05, 3.63) is 42.5 Å². The van der Waals surface area contributed by atoms with Gasteiger partial charge >= 0.3 is 0 Å². The van der Waals surface area contributed by atoms with Crippen molar-refractivity contribution in [1.29, 1.82) is 5.26 Å². The minimum Gasteiger partial charge on any atom is -0.479 e. The number of likely N-dealkylation sites (tertiary alicyclic amines) is 1. The van der Waals surface area contributed by atoms with E-state index in [1.54, 1.807) is 18.5 Å². The highest BCUT2D eigenvalue weighted by Crippen LogP contribution is 2.21. The van der Waals surface area contributed by atoms with Crippen molar-refractivity contribution in [2.24, 2.45) is 0 Å². The number of rotatable bonds is 5. The molecule has 0 bridgehead atoms. The molecule has 2 heterocycles. The van der Waals surface area contributed by atoms with Crippen LogP contribution in [0.2, 0.25) is 0 Å². The lowest BCUT2D eigenvalue weighted by molar-refractivity contribution is -0.132. The third-order valence-electron chi connectivity index (χ3n) is 4.14. The van der Waals surface area contributed by atoms with Gasteiger partial charge < -0.3 is 9.64 Å². The van der Waals surface area contributed by atoms with E-state index >= 15 is 0 Å². The molecule has 1 aromatic heterocycles. The van der Waals surface area contributed by atoms with Gasteiger partial charge in [0, 0.05) is 13.1 Å². The average Bonchev–Trinajstić information content (AvgIpc) is 3.16. The summed E-state index contributed by atoms with van der Waals surface area (Å²) in [5.74, 6) is 0.752. The zero-order valence-electron chi connectivity index (χ0n) is 13.3. The fourth-order valence-corrected chi connectivity index (χ4v) is 2.91. The molecular weight excluding hydrogens is 306 g/mol. The fraction of sp³-hybridized carbons (Fsp3) is 0.412. The Labute approximate surface area is 140 Å². The molecule has 1 aromatic carbocycles. The third-order valence-corrected chi connectivity index (χ3v) is 4.14. The van der Waals surface area contributed by atoms with E-state index in [2.05, 4.69) is 10.1 Å². The van der Waals surface area contributed by atoms with Crippen LogP contribution >= 0.6 is 0 Å². The van der Waals surface area contributed by atoms with Gasteiger partial charge in [-0.1, -0.05) is 12.1 Å². The van der Waals surface area contributed by atoms with Crippen LogP contribution in [0.4, 0.5) is 0 Å². The Morgan fingerprint density at radius 2 is 2.21 bits per heavy atom. The number of carbonyl (C=O) groups is 1. The molecule has 1 amide bonds. The Morgan fingerprint density at radius 3 is 2.92 bits per heavy atom. The lowest BCUT2D eigenvalue weighted by atomic mass is 10.0. The Hall–Kier alpha value is -2.88. The summed E-state index contributed by atoms with van der Waals surface area (Å²) < 4.78 is 7.05. The van der Waals surface area contributed by atoms with Gasteiger partial charge in [-0.3, -0.25) is 4.79 Å². The molecule has 24 heavy (non-hydrogen) atoms. The van der Waals surface area contributed by atoms with E-state index in [0.29, 0.717) is 18.7 Å². The number of piperidine rings is 1. The number of aromatic nitrogens is 3. The van der Waals surface area contributed by atoms with Crippen LogP contribution < -0.4 is 4.74 Å². The summed E-state index contributed by atoms with van der Waals surface area (Å²) in [5, 5.41) is 12.7. The minimum absolute atomic E-state index is 0.0235. The molecule has 0 spiro atoms. The Bertz CT molecular complexity index is 706. The first kappa shape index (κ1) is 16.0. The smallest absolute Gasteiger partial charge is 0.227 e. The lowest BCUT2D eigenvalue weighted by Crippen LogP contribution is -2.41. The number of carbonyl (C=O) groups excluding carboxylic acids is 1. The second-order valence-electron chi connectivity index (χ2n) is 5.78. The quantitative estimate of drug-likeness (QED) is 0.833. The predicted octanol–water partition coefficient (Wildman–Crippen LogP) is 1.59. The molecule has 2 aromatic rings. The lowest BCUT2D eigenvalue weighted by Gasteiger charge is -2.32. The molecule has 1 aliphatic heterocycles. The van der Waals surface area contributed by atoms with Crippen molar-refractivity contribution < 1.29 is 9.53 Å². The highest BCUT2D eigenvalue weighted by atomic mass is 16.5. The summed E-state index contributed by atoms with van der Waals surface area (Å²) in [6.45, 7) is 1.48. The third kappa shape index (κ3) is 3.90. The first-order valence-corrected chi connectivity index (χ1v) is 7.97. The number of amides is 1. The molecule has 1 atom stereocenters. The second-order valence-corrected chi connectivity index (χ2v) is 5.78. The number of hydrogen-bond acceptors (Lipinski definition) is 5. The van der Waals surface area contributed by atoms with E-state index in [0.717, 1.165) is 24.9 Å². The summed E-state index contributed by atoms with van der Waals surface area (Å²) in [6, 6.07) is 9.43. The van der Waals surface area contributed by atoms with Gasteiger partial charge in [-0.15, -0.1) is 0 Å². The molecule has 0 unspecified atom stereocenters. The van der Waals surface area contributed by atoms with Gasteiger partial charge in [-0.05, 0) is 30.5 Å². The van der Waals surface area contributed by atoms with Crippen molar-refractivity contribution in [3.63, 3.8) is 0 Å². The standard InChI is InChI=1S/C17H19N5O2/c18-7-9-24-16-5-3-14(4-6-16)10-17(23)21-8-1-2-15(11-21)22-13-19-12-20-22/h3-6,12-13,15H,1-2,8-11H2/t15-/m0/s1. The summed E-state index contributed by atoms with van der Waals surface area (Å²) in [5.41, 5.74) is 0.937. The van der Waals surface area contributed by atoms with Crippen LogP contribution in [-0.2, 0) is 11.2 Å². The van der Waals surface area contributed by atoms with E-state index in [-0.39, 0.29) is 18.6 Å². The van der Waals surface area contributed by atoms with E-state index < -0.39 is 0 Å². The molecule has 0 radical (unpaired) electrons. The Kier molecular flexibility index (Phi) is 5.06. The monoisotopic (exact) mass is 325 g/mol. The molecule has 0 saturated carbocycles. The number of nitrogens with zero attached hydrogens (tertiary/aromatic N) is 5. The Morgan fingerprint density at radius 1 is 1.38 bits per heavy atom. The van der Waals surface area contributed by atoms with Crippen LogP contribution in [0.5, 0.6) is 5.75 Å². The Balaban J connectivity index is 1.57. The van der Waals surface area contributed by atoms with Gasteiger partial charge in [0.15, 0.2) is 6.61 Å². The van der Waals surface area contributed by atoms with E-state index in [9.17, 15) is 4.79 Å². The van der Waals surface area contributed by atoms with E-state index in [1.165, 1.54) is 6.33 Å². The number of nitriles is 1. The summed E-state index contributed by atoms with van der Waals surface area (Å²) in [7, 11) is 0. The summed E-state index contributed by atoms with van der Waals surface area (Å²) >= 11 is 0. The molecule has 7 heteroatoms. The van der Waals surface area contributed by atoms with Crippen LogP contribution in [0.3, 0.4) is 0 Å². The zero-order chi connectivity index (χ0) is 16.8. The molecule has 1 fully saturated rings. The maximum absolute atomic E-state index is 12.5.